The Kier molecular flexibility index (Phi) is 7.70. The summed E-state index contributed by atoms with van der Waals surface area (Å²) < 4.78 is 62.7. The Labute approximate surface area is 209 Å². The summed E-state index contributed by atoms with van der Waals surface area (Å²) >= 11 is 0. The topological polar surface area (TPSA) is 92.3 Å². The first-order chi connectivity index (χ1) is 17.0. The molecule has 1 saturated carbocycles. The summed E-state index contributed by atoms with van der Waals surface area (Å²) in [6, 6.07) is 4.92. The second-order valence-electron chi connectivity index (χ2n) is 9.70. The first-order valence-electron chi connectivity index (χ1n) is 12.2. The number of fused-ring (bicyclic) bond motifs is 1. The maximum absolute atomic E-state index is 13.0. The number of hydrogen-bond donors (Lipinski definition) is 1. The van der Waals surface area contributed by atoms with Crippen molar-refractivity contribution in [3.63, 3.8) is 0 Å². The van der Waals surface area contributed by atoms with E-state index in [9.17, 15) is 26.4 Å². The number of aromatic nitrogens is 2. The van der Waals surface area contributed by atoms with Gasteiger partial charge in [-0.1, -0.05) is 6.92 Å². The molecule has 36 heavy (non-hydrogen) atoms. The molecule has 11 heteroatoms. The molecule has 7 nitrogen and oxygen atoms in total. The van der Waals surface area contributed by atoms with Gasteiger partial charge in [0.05, 0.1) is 40.1 Å². The molecule has 2 aromatic heterocycles. The summed E-state index contributed by atoms with van der Waals surface area (Å²) in [5.41, 5.74) is 2.79. The summed E-state index contributed by atoms with van der Waals surface area (Å²) in [6.45, 7) is 5.08. The predicted molar refractivity (Wildman–Crippen MR) is 128 cm³/mol. The summed E-state index contributed by atoms with van der Waals surface area (Å²) in [6.07, 6.45) is 0.262. The molecular formula is C25H31F3N4O3S. The zero-order valence-corrected chi connectivity index (χ0v) is 21.2. The molecule has 1 fully saturated rings. The molecular weight excluding hydrogens is 493 g/mol. The highest BCUT2D eigenvalue weighted by Gasteiger charge is 2.42. The smallest absolute Gasteiger partial charge is 0.346 e. The number of amides is 1. The number of nitrogens with zero attached hydrogens (tertiary/aromatic N) is 3. The molecule has 1 aliphatic heterocycles. The van der Waals surface area contributed by atoms with Gasteiger partial charge in [0, 0.05) is 31.5 Å². The summed E-state index contributed by atoms with van der Waals surface area (Å²) in [5, 5.41) is 2.79. The van der Waals surface area contributed by atoms with Crippen LogP contribution in [0.15, 0.2) is 35.5 Å². The Morgan fingerprint density at radius 2 is 1.86 bits per heavy atom. The number of alkyl halides is 3. The number of halogens is 3. The van der Waals surface area contributed by atoms with Gasteiger partial charge in [-0.15, -0.1) is 0 Å². The minimum absolute atomic E-state index is 0.00861. The van der Waals surface area contributed by atoms with Crippen molar-refractivity contribution in [2.45, 2.75) is 69.7 Å². The van der Waals surface area contributed by atoms with Crippen molar-refractivity contribution in [2.75, 3.05) is 12.3 Å². The van der Waals surface area contributed by atoms with Crippen LogP contribution in [-0.4, -0.2) is 47.7 Å². The lowest BCUT2D eigenvalue weighted by Gasteiger charge is -2.33. The number of pyridine rings is 2. The van der Waals surface area contributed by atoms with Crippen LogP contribution in [0.25, 0.3) is 0 Å². The van der Waals surface area contributed by atoms with Crippen molar-refractivity contribution < 1.29 is 26.4 Å². The average molecular weight is 525 g/mol. The fraction of sp³-hybridized carbons (Fsp3) is 0.560. The molecule has 1 amide bonds. The van der Waals surface area contributed by atoms with Crippen LogP contribution in [0.1, 0.15) is 72.9 Å². The Bertz CT molecular complexity index is 1190. The molecule has 3 heterocycles. The lowest BCUT2D eigenvalue weighted by atomic mass is 9.81. The number of rotatable bonds is 7. The minimum atomic E-state index is -4.10. The highest BCUT2D eigenvalue weighted by atomic mass is 32.2. The monoisotopic (exact) mass is 524 g/mol. The van der Waals surface area contributed by atoms with Gasteiger partial charge in [0.15, 0.2) is 9.84 Å². The highest BCUT2D eigenvalue weighted by Crippen LogP contribution is 2.41. The Hall–Kier alpha value is -2.53. The largest absolute Gasteiger partial charge is 0.391 e. The Morgan fingerprint density at radius 3 is 2.47 bits per heavy atom. The molecule has 0 radical (unpaired) electrons. The quantitative estimate of drug-likeness (QED) is 0.576. The van der Waals surface area contributed by atoms with E-state index in [0.29, 0.717) is 30.6 Å². The zero-order chi connectivity index (χ0) is 26.1. The molecule has 4 rings (SSSR count). The van der Waals surface area contributed by atoms with E-state index in [1.165, 1.54) is 18.5 Å². The molecule has 1 aliphatic carbocycles. The normalized spacial score (nSPS) is 22.9. The predicted octanol–water partition coefficient (Wildman–Crippen LogP) is 4.45. The van der Waals surface area contributed by atoms with Crippen LogP contribution in [0.3, 0.4) is 0 Å². The first-order valence-corrected chi connectivity index (χ1v) is 13.9. The third kappa shape index (κ3) is 5.88. The van der Waals surface area contributed by atoms with Gasteiger partial charge in [0.1, 0.15) is 0 Å². The van der Waals surface area contributed by atoms with Gasteiger partial charge >= 0.3 is 6.18 Å². The SMILES string of the molecule is CCS(=O)(=O)c1ccc(CNC(=O)c2cnc3c(c2)CN(C[C@H]2CC[C@H](C(F)(F)F)CC2)[C@H]3C)nc1. The van der Waals surface area contributed by atoms with Gasteiger partial charge in [-0.05, 0) is 62.3 Å². The Morgan fingerprint density at radius 1 is 1.14 bits per heavy atom. The van der Waals surface area contributed by atoms with Gasteiger partial charge < -0.3 is 5.32 Å². The van der Waals surface area contributed by atoms with Crippen LogP contribution in [0.5, 0.6) is 0 Å². The molecule has 0 bridgehead atoms. The zero-order valence-electron chi connectivity index (χ0n) is 20.4. The summed E-state index contributed by atoms with van der Waals surface area (Å²) in [4.78, 5) is 23.7. The first kappa shape index (κ1) is 26.5. The van der Waals surface area contributed by atoms with Crippen LogP contribution in [-0.2, 0) is 22.9 Å². The second kappa shape index (κ2) is 10.5. The van der Waals surface area contributed by atoms with Gasteiger partial charge in [-0.25, -0.2) is 8.42 Å². The van der Waals surface area contributed by atoms with E-state index in [1.807, 2.05) is 13.0 Å². The molecule has 1 atom stereocenters. The van der Waals surface area contributed by atoms with E-state index < -0.39 is 21.9 Å². The van der Waals surface area contributed by atoms with E-state index in [4.69, 9.17) is 0 Å². The molecule has 2 aromatic rings. The average Bonchev–Trinajstić information content (AvgIpc) is 3.16. The lowest BCUT2D eigenvalue weighted by Crippen LogP contribution is -2.33. The number of carbonyl (C=O) groups excluding carboxylic acids is 1. The van der Waals surface area contributed by atoms with Crippen molar-refractivity contribution in [3.8, 4) is 0 Å². The third-order valence-corrected chi connectivity index (χ3v) is 9.07. The standard InChI is InChI=1S/C25H31F3N4O3S/c1-3-36(34,35)22-9-8-21(29-13-22)12-31-24(33)18-10-19-15-32(16(2)23(19)30-11-18)14-17-4-6-20(7-5-17)25(26,27)28/h8-11,13,16-17,20H,3-7,12,14-15H2,1-2H3,(H,31,33)/t16-,17-,20-/m0/s1. The molecule has 0 saturated heterocycles. The van der Waals surface area contributed by atoms with Gasteiger partial charge in [0.25, 0.3) is 5.91 Å². The summed E-state index contributed by atoms with van der Waals surface area (Å²) in [7, 11) is -3.33. The minimum Gasteiger partial charge on any atom is -0.346 e. The van der Waals surface area contributed by atoms with Crippen LogP contribution in [0.2, 0.25) is 0 Å². The highest BCUT2D eigenvalue weighted by molar-refractivity contribution is 7.91. The van der Waals surface area contributed by atoms with Crippen molar-refractivity contribution >= 4 is 15.7 Å². The second-order valence-corrected chi connectivity index (χ2v) is 12.0. The third-order valence-electron chi connectivity index (χ3n) is 7.35. The number of sulfone groups is 1. The van der Waals surface area contributed by atoms with Crippen molar-refractivity contribution in [1.29, 1.82) is 0 Å². The lowest BCUT2D eigenvalue weighted by molar-refractivity contribution is -0.184. The van der Waals surface area contributed by atoms with Crippen LogP contribution in [0.4, 0.5) is 13.2 Å². The summed E-state index contributed by atoms with van der Waals surface area (Å²) in [5.74, 6) is -1.27. The van der Waals surface area contributed by atoms with E-state index in [1.54, 1.807) is 13.0 Å². The van der Waals surface area contributed by atoms with Gasteiger partial charge in [0.2, 0.25) is 0 Å². The molecule has 0 unspecified atom stereocenters. The number of hydrogen-bond acceptors (Lipinski definition) is 6. The fourth-order valence-electron chi connectivity index (χ4n) is 5.04. The van der Waals surface area contributed by atoms with Crippen molar-refractivity contribution in [1.82, 2.24) is 20.2 Å². The maximum atomic E-state index is 13.0. The van der Waals surface area contributed by atoms with Crippen LogP contribution < -0.4 is 5.32 Å². The fourth-order valence-corrected chi connectivity index (χ4v) is 5.86. The van der Waals surface area contributed by atoms with Crippen LogP contribution in [0, 0.1) is 11.8 Å². The molecule has 2 aliphatic rings. The molecule has 0 aromatic carbocycles. The molecule has 0 spiro atoms. The van der Waals surface area contributed by atoms with Crippen molar-refractivity contribution in [2.24, 2.45) is 11.8 Å². The van der Waals surface area contributed by atoms with E-state index in [2.05, 4.69) is 20.2 Å². The number of nitrogens with one attached hydrogen (secondary N) is 1. The van der Waals surface area contributed by atoms with E-state index >= 15 is 0 Å². The van der Waals surface area contributed by atoms with Crippen LogP contribution >= 0.6 is 0 Å². The van der Waals surface area contributed by atoms with Crippen molar-refractivity contribution in [3.05, 3.63) is 53.1 Å². The van der Waals surface area contributed by atoms with Gasteiger partial charge in [-0.3, -0.25) is 19.7 Å². The molecule has 1 N–H and O–H groups in total. The van der Waals surface area contributed by atoms with E-state index in [0.717, 1.165) is 17.8 Å². The maximum Gasteiger partial charge on any atom is 0.391 e. The number of carbonyl (C=O) groups is 1. The molecule has 196 valence electrons. The van der Waals surface area contributed by atoms with Gasteiger partial charge in [-0.2, -0.15) is 13.2 Å². The Balaban J connectivity index is 1.32. The van der Waals surface area contributed by atoms with E-state index in [-0.39, 0.29) is 47.9 Å².